The van der Waals surface area contributed by atoms with E-state index in [0.29, 0.717) is 0 Å². The van der Waals surface area contributed by atoms with Gasteiger partial charge in [0.25, 0.3) is 0 Å². The molecular weight excluding hydrogens is 443 g/mol. The van der Waals surface area contributed by atoms with Gasteiger partial charge >= 0.3 is 0 Å². The summed E-state index contributed by atoms with van der Waals surface area (Å²) in [4.78, 5) is 2.14. The van der Waals surface area contributed by atoms with Gasteiger partial charge in [-0.3, -0.25) is 4.68 Å². The third-order valence-electron chi connectivity index (χ3n) is 3.44. The minimum atomic E-state index is -0.184. The SMILES string of the molecule is Cc1cccc(C(N)c2c(Br)cnn2CCN(C)C)c1I. The summed E-state index contributed by atoms with van der Waals surface area (Å²) in [6.07, 6.45) is 1.83. The van der Waals surface area contributed by atoms with E-state index in [1.807, 2.05) is 10.9 Å². The summed E-state index contributed by atoms with van der Waals surface area (Å²) in [5.41, 5.74) is 9.95. The fourth-order valence-electron chi connectivity index (χ4n) is 2.21. The van der Waals surface area contributed by atoms with E-state index < -0.39 is 0 Å². The van der Waals surface area contributed by atoms with Crippen molar-refractivity contribution in [3.05, 3.63) is 49.3 Å². The molecule has 0 saturated heterocycles. The van der Waals surface area contributed by atoms with Crippen molar-refractivity contribution in [2.75, 3.05) is 20.6 Å². The number of benzene rings is 1. The lowest BCUT2D eigenvalue weighted by Gasteiger charge is -2.19. The highest BCUT2D eigenvalue weighted by Crippen LogP contribution is 2.30. The molecule has 0 saturated carbocycles. The summed E-state index contributed by atoms with van der Waals surface area (Å²) in [6.45, 7) is 3.86. The lowest BCUT2D eigenvalue weighted by Crippen LogP contribution is -2.24. The molecule has 0 bridgehead atoms. The van der Waals surface area contributed by atoms with Crippen LogP contribution in [0.2, 0.25) is 0 Å². The molecule has 0 aliphatic heterocycles. The lowest BCUT2D eigenvalue weighted by atomic mass is 10.0. The maximum absolute atomic E-state index is 6.53. The van der Waals surface area contributed by atoms with Crippen molar-refractivity contribution in [1.29, 1.82) is 0 Å². The van der Waals surface area contributed by atoms with Gasteiger partial charge in [-0.25, -0.2) is 0 Å². The Morgan fingerprint density at radius 2 is 2.14 bits per heavy atom. The molecule has 0 fully saturated rings. The van der Waals surface area contributed by atoms with E-state index in [4.69, 9.17) is 5.73 Å². The zero-order chi connectivity index (χ0) is 15.6. The van der Waals surface area contributed by atoms with Gasteiger partial charge in [-0.05, 0) is 70.7 Å². The molecule has 0 spiro atoms. The third-order valence-corrected chi connectivity index (χ3v) is 5.53. The maximum Gasteiger partial charge on any atom is 0.0745 e. The maximum atomic E-state index is 6.53. The van der Waals surface area contributed by atoms with Gasteiger partial charge in [0.15, 0.2) is 0 Å². The summed E-state index contributed by atoms with van der Waals surface area (Å²) in [5, 5.41) is 4.45. The molecule has 1 aromatic carbocycles. The Kier molecular flexibility index (Phi) is 5.81. The van der Waals surface area contributed by atoms with Crippen LogP contribution in [0.25, 0.3) is 0 Å². The second kappa shape index (κ2) is 7.21. The number of hydrogen-bond acceptors (Lipinski definition) is 3. The van der Waals surface area contributed by atoms with Crippen molar-refractivity contribution >= 4 is 38.5 Å². The normalized spacial score (nSPS) is 12.9. The molecule has 0 aliphatic carbocycles. The Bertz CT molecular complexity index is 624. The number of nitrogens with zero attached hydrogens (tertiary/aromatic N) is 3. The van der Waals surface area contributed by atoms with Gasteiger partial charge < -0.3 is 10.6 Å². The summed E-state index contributed by atoms with van der Waals surface area (Å²) < 4.78 is 4.17. The Morgan fingerprint density at radius 1 is 1.43 bits per heavy atom. The van der Waals surface area contributed by atoms with Crippen LogP contribution in [-0.2, 0) is 6.54 Å². The van der Waals surface area contributed by atoms with Crippen LogP contribution >= 0.6 is 38.5 Å². The molecule has 6 heteroatoms. The summed E-state index contributed by atoms with van der Waals surface area (Å²) in [7, 11) is 4.11. The fourth-order valence-corrected chi connectivity index (χ4v) is 3.45. The molecule has 0 amide bonds. The Morgan fingerprint density at radius 3 is 2.81 bits per heavy atom. The predicted molar refractivity (Wildman–Crippen MR) is 98.4 cm³/mol. The second-order valence-corrected chi connectivity index (χ2v) is 7.29. The first kappa shape index (κ1) is 16.9. The molecule has 1 heterocycles. The van der Waals surface area contributed by atoms with Gasteiger partial charge in [0.1, 0.15) is 0 Å². The molecule has 0 aliphatic rings. The van der Waals surface area contributed by atoms with Crippen molar-refractivity contribution in [3.63, 3.8) is 0 Å². The molecule has 4 nitrogen and oxygen atoms in total. The van der Waals surface area contributed by atoms with Gasteiger partial charge in [-0.1, -0.05) is 18.2 Å². The summed E-state index contributed by atoms with van der Waals surface area (Å²) in [6, 6.07) is 6.07. The van der Waals surface area contributed by atoms with Crippen molar-refractivity contribution in [2.24, 2.45) is 5.73 Å². The average molecular weight is 463 g/mol. The van der Waals surface area contributed by atoms with E-state index in [9.17, 15) is 0 Å². The van der Waals surface area contributed by atoms with Crippen LogP contribution in [0.4, 0.5) is 0 Å². The molecule has 1 atom stereocenters. The van der Waals surface area contributed by atoms with E-state index in [1.165, 1.54) is 9.13 Å². The molecule has 21 heavy (non-hydrogen) atoms. The number of aromatic nitrogens is 2. The fraction of sp³-hybridized carbons (Fsp3) is 0.400. The van der Waals surface area contributed by atoms with Crippen molar-refractivity contribution < 1.29 is 0 Å². The molecular formula is C15H20BrIN4. The van der Waals surface area contributed by atoms with E-state index in [1.54, 1.807) is 0 Å². The topological polar surface area (TPSA) is 47.1 Å². The van der Waals surface area contributed by atoms with Gasteiger partial charge in [0.05, 0.1) is 29.0 Å². The average Bonchev–Trinajstić information content (AvgIpc) is 2.80. The minimum Gasteiger partial charge on any atom is -0.319 e. The van der Waals surface area contributed by atoms with E-state index >= 15 is 0 Å². The number of rotatable bonds is 5. The van der Waals surface area contributed by atoms with E-state index in [0.717, 1.165) is 28.8 Å². The monoisotopic (exact) mass is 462 g/mol. The highest BCUT2D eigenvalue weighted by molar-refractivity contribution is 14.1. The van der Waals surface area contributed by atoms with Crippen LogP contribution in [0.1, 0.15) is 22.9 Å². The van der Waals surface area contributed by atoms with Crippen LogP contribution in [0.3, 0.4) is 0 Å². The molecule has 0 radical (unpaired) electrons. The standard InChI is InChI=1S/C15H20BrIN4/c1-10-5-4-6-11(13(10)17)14(18)15-12(16)9-19-21(15)8-7-20(2)3/h4-6,9,14H,7-8,18H2,1-3H3. The Balaban J connectivity index is 2.36. The minimum absolute atomic E-state index is 0.184. The lowest BCUT2D eigenvalue weighted by molar-refractivity contribution is 0.368. The van der Waals surface area contributed by atoms with Crippen molar-refractivity contribution in [1.82, 2.24) is 14.7 Å². The van der Waals surface area contributed by atoms with Crippen LogP contribution in [0, 0.1) is 10.5 Å². The highest BCUT2D eigenvalue weighted by atomic mass is 127. The number of aryl methyl sites for hydroxylation is 1. The number of hydrogen-bond donors (Lipinski definition) is 1. The van der Waals surface area contributed by atoms with Crippen LogP contribution < -0.4 is 5.73 Å². The molecule has 1 aromatic heterocycles. The summed E-state index contributed by atoms with van der Waals surface area (Å²) in [5.74, 6) is 0. The first-order valence-electron chi connectivity index (χ1n) is 6.78. The molecule has 2 N–H and O–H groups in total. The predicted octanol–water partition coefficient (Wildman–Crippen LogP) is 3.17. The summed E-state index contributed by atoms with van der Waals surface area (Å²) >= 11 is 5.95. The number of nitrogens with two attached hydrogens (primary N) is 1. The molecule has 2 rings (SSSR count). The van der Waals surface area contributed by atoms with Crippen molar-refractivity contribution in [2.45, 2.75) is 19.5 Å². The Hall–Kier alpha value is -0.440. The zero-order valence-electron chi connectivity index (χ0n) is 12.5. The first-order chi connectivity index (χ1) is 9.91. The molecule has 2 aromatic rings. The molecule has 1 unspecified atom stereocenters. The van der Waals surface area contributed by atoms with Gasteiger partial charge in [-0.2, -0.15) is 5.10 Å². The van der Waals surface area contributed by atoms with Crippen molar-refractivity contribution in [3.8, 4) is 0 Å². The van der Waals surface area contributed by atoms with Gasteiger partial charge in [0.2, 0.25) is 0 Å². The highest BCUT2D eigenvalue weighted by Gasteiger charge is 2.20. The van der Waals surface area contributed by atoms with E-state index in [2.05, 4.69) is 87.7 Å². The zero-order valence-corrected chi connectivity index (χ0v) is 16.2. The largest absolute Gasteiger partial charge is 0.319 e. The Labute approximate surface area is 148 Å². The first-order valence-corrected chi connectivity index (χ1v) is 8.65. The number of halogens is 2. The second-order valence-electron chi connectivity index (χ2n) is 5.36. The number of likely N-dealkylation sites (N-methyl/N-ethyl adjacent to an activating group) is 1. The van der Waals surface area contributed by atoms with Crippen LogP contribution in [-0.4, -0.2) is 35.3 Å². The smallest absolute Gasteiger partial charge is 0.0745 e. The van der Waals surface area contributed by atoms with E-state index in [-0.39, 0.29) is 6.04 Å². The van der Waals surface area contributed by atoms with Gasteiger partial charge in [-0.15, -0.1) is 0 Å². The van der Waals surface area contributed by atoms with Gasteiger partial charge in [0, 0.05) is 10.1 Å². The molecule has 114 valence electrons. The third kappa shape index (κ3) is 3.85. The van der Waals surface area contributed by atoms with Crippen LogP contribution in [0.15, 0.2) is 28.9 Å². The quantitative estimate of drug-likeness (QED) is 0.694. The van der Waals surface area contributed by atoms with Crippen LogP contribution in [0.5, 0.6) is 0 Å².